The molecule has 30 heavy (non-hydrogen) atoms. The molecule has 0 aliphatic heterocycles. The highest BCUT2D eigenvalue weighted by molar-refractivity contribution is 7.80. The van der Waals surface area contributed by atoms with Gasteiger partial charge in [-0.05, 0) is 6.42 Å². The lowest BCUT2D eigenvalue weighted by molar-refractivity contribution is -0.159. The van der Waals surface area contributed by atoms with E-state index in [1.165, 1.54) is 83.5 Å². The Kier molecular flexibility index (Phi) is 27.0. The molecule has 0 amide bonds. The van der Waals surface area contributed by atoms with Crippen molar-refractivity contribution in [3.63, 3.8) is 0 Å². The highest BCUT2D eigenvalue weighted by atomic mass is 32.1. The van der Waals surface area contributed by atoms with Gasteiger partial charge in [0, 0.05) is 18.6 Å². The van der Waals surface area contributed by atoms with Crippen LogP contribution in [0.3, 0.4) is 0 Å². The first-order chi connectivity index (χ1) is 14.5. The predicted molar refractivity (Wildman–Crippen MR) is 127 cm³/mol. The number of thiol groups is 1. The van der Waals surface area contributed by atoms with Gasteiger partial charge in [0.05, 0.1) is 6.42 Å². The number of aliphatic carboxylic acids is 1. The van der Waals surface area contributed by atoms with Gasteiger partial charge < -0.3 is 9.84 Å². The Labute approximate surface area is 190 Å². The Bertz CT molecular complexity index is 412. The minimum atomic E-state index is -0.745. The van der Waals surface area contributed by atoms with Crippen molar-refractivity contribution in [2.75, 3.05) is 5.75 Å². The molecule has 0 atom stereocenters. The number of hydrogen-bond donors (Lipinski definition) is 2. The van der Waals surface area contributed by atoms with E-state index in [1.807, 2.05) is 0 Å². The number of ether oxygens (including phenoxy) is 1. The van der Waals surface area contributed by atoms with Gasteiger partial charge in [-0.2, -0.15) is 12.6 Å². The third kappa shape index (κ3) is 29.2. The quantitative estimate of drug-likeness (QED) is 0.0955. The SMILES string of the molecule is CCC(=O)O.CCCCCCCCCCCCCCCCCC(=O)OC(=O)CCS. The number of rotatable bonds is 19. The largest absolute Gasteiger partial charge is 0.481 e. The Balaban J connectivity index is 0. The van der Waals surface area contributed by atoms with Gasteiger partial charge >= 0.3 is 17.9 Å². The Morgan fingerprint density at radius 3 is 1.30 bits per heavy atom. The maximum Gasteiger partial charge on any atom is 0.314 e. The van der Waals surface area contributed by atoms with Crippen molar-refractivity contribution in [3.8, 4) is 0 Å². The van der Waals surface area contributed by atoms with Crippen LogP contribution >= 0.6 is 12.6 Å². The summed E-state index contributed by atoms with van der Waals surface area (Å²) in [6.07, 6.45) is 20.3. The van der Waals surface area contributed by atoms with Crippen molar-refractivity contribution in [1.82, 2.24) is 0 Å². The molecule has 0 rings (SSSR count). The molecule has 6 heteroatoms. The van der Waals surface area contributed by atoms with E-state index in [9.17, 15) is 14.4 Å². The summed E-state index contributed by atoms with van der Waals surface area (Å²) >= 11 is 3.94. The van der Waals surface area contributed by atoms with Crippen LogP contribution in [-0.4, -0.2) is 28.8 Å². The summed E-state index contributed by atoms with van der Waals surface area (Å²) in [4.78, 5) is 31.9. The van der Waals surface area contributed by atoms with E-state index < -0.39 is 11.9 Å². The second-order valence-corrected chi connectivity index (χ2v) is 8.21. The van der Waals surface area contributed by atoms with Crippen LogP contribution in [0, 0.1) is 0 Å². The molecular weight excluding hydrogens is 400 g/mol. The molecule has 0 saturated carbocycles. The van der Waals surface area contributed by atoms with Crippen LogP contribution in [0.2, 0.25) is 0 Å². The van der Waals surface area contributed by atoms with Gasteiger partial charge in [-0.1, -0.05) is 104 Å². The Hall–Kier alpha value is -1.04. The highest BCUT2D eigenvalue weighted by Gasteiger charge is 2.08. The number of carboxylic acid groups (broad SMARTS) is 1. The minimum absolute atomic E-state index is 0.202. The number of hydrogen-bond acceptors (Lipinski definition) is 5. The molecule has 0 unspecified atom stereocenters. The van der Waals surface area contributed by atoms with Gasteiger partial charge in [0.15, 0.2) is 0 Å². The topological polar surface area (TPSA) is 80.7 Å². The average molecular weight is 447 g/mol. The van der Waals surface area contributed by atoms with E-state index >= 15 is 0 Å². The Morgan fingerprint density at radius 2 is 0.967 bits per heavy atom. The van der Waals surface area contributed by atoms with Gasteiger partial charge in [-0.3, -0.25) is 14.4 Å². The van der Waals surface area contributed by atoms with Crippen LogP contribution in [0.1, 0.15) is 129 Å². The number of carboxylic acids is 1. The van der Waals surface area contributed by atoms with Crippen LogP contribution in [-0.2, 0) is 19.1 Å². The summed E-state index contributed by atoms with van der Waals surface area (Å²) in [7, 11) is 0. The van der Waals surface area contributed by atoms with Crippen LogP contribution in [0.5, 0.6) is 0 Å². The maximum atomic E-state index is 11.4. The van der Waals surface area contributed by atoms with Gasteiger partial charge in [0.1, 0.15) is 0 Å². The second kappa shape index (κ2) is 26.0. The molecular formula is C24H46O5S. The predicted octanol–water partition coefficient (Wildman–Crippen LogP) is 7.12. The fourth-order valence-corrected chi connectivity index (χ4v) is 3.14. The molecule has 0 aliphatic carbocycles. The molecule has 5 nitrogen and oxygen atoms in total. The molecule has 0 aliphatic rings. The van der Waals surface area contributed by atoms with Crippen LogP contribution < -0.4 is 0 Å². The molecule has 0 saturated heterocycles. The van der Waals surface area contributed by atoms with Gasteiger partial charge in [0.25, 0.3) is 0 Å². The Morgan fingerprint density at radius 1 is 0.633 bits per heavy atom. The summed E-state index contributed by atoms with van der Waals surface area (Å²) in [6, 6.07) is 0. The lowest BCUT2D eigenvalue weighted by Gasteiger charge is -2.04. The molecule has 0 radical (unpaired) electrons. The second-order valence-electron chi connectivity index (χ2n) is 7.77. The van der Waals surface area contributed by atoms with E-state index in [-0.39, 0.29) is 18.8 Å². The van der Waals surface area contributed by atoms with E-state index in [0.717, 1.165) is 12.8 Å². The van der Waals surface area contributed by atoms with Crippen molar-refractivity contribution in [2.45, 2.75) is 129 Å². The maximum absolute atomic E-state index is 11.4. The first-order valence-corrected chi connectivity index (χ1v) is 12.7. The van der Waals surface area contributed by atoms with Gasteiger partial charge in [-0.15, -0.1) is 0 Å². The first-order valence-electron chi connectivity index (χ1n) is 12.0. The molecule has 0 spiro atoms. The van der Waals surface area contributed by atoms with Gasteiger partial charge in [-0.25, -0.2) is 0 Å². The zero-order valence-corrected chi connectivity index (χ0v) is 20.4. The lowest BCUT2D eigenvalue weighted by Crippen LogP contribution is -2.12. The average Bonchev–Trinajstić information content (AvgIpc) is 2.71. The van der Waals surface area contributed by atoms with E-state index in [4.69, 9.17) is 5.11 Å². The van der Waals surface area contributed by atoms with Crippen molar-refractivity contribution in [2.24, 2.45) is 0 Å². The van der Waals surface area contributed by atoms with Crippen molar-refractivity contribution >= 4 is 30.5 Å². The summed E-state index contributed by atoms with van der Waals surface area (Å²) in [5.74, 6) is -1.17. The fraction of sp³-hybridized carbons (Fsp3) is 0.875. The number of unbranched alkanes of at least 4 members (excludes halogenated alkanes) is 14. The van der Waals surface area contributed by atoms with E-state index in [0.29, 0.717) is 12.2 Å². The molecule has 0 bridgehead atoms. The summed E-state index contributed by atoms with van der Waals surface area (Å²) < 4.78 is 4.68. The number of carbonyl (C=O) groups excluding carboxylic acids is 2. The third-order valence-corrected chi connectivity index (χ3v) is 5.05. The van der Waals surface area contributed by atoms with Crippen LogP contribution in [0.25, 0.3) is 0 Å². The summed E-state index contributed by atoms with van der Waals surface area (Å²) in [6.45, 7) is 3.87. The van der Waals surface area contributed by atoms with Crippen molar-refractivity contribution in [1.29, 1.82) is 0 Å². The molecule has 0 fully saturated rings. The summed E-state index contributed by atoms with van der Waals surface area (Å²) in [5, 5.41) is 7.72. The molecule has 0 aromatic heterocycles. The lowest BCUT2D eigenvalue weighted by atomic mass is 10.0. The monoisotopic (exact) mass is 446 g/mol. The fourth-order valence-electron chi connectivity index (χ4n) is 2.96. The molecule has 1 N–H and O–H groups in total. The van der Waals surface area contributed by atoms with Crippen LogP contribution in [0.15, 0.2) is 0 Å². The van der Waals surface area contributed by atoms with Crippen molar-refractivity contribution in [3.05, 3.63) is 0 Å². The number of esters is 2. The highest BCUT2D eigenvalue weighted by Crippen LogP contribution is 2.13. The minimum Gasteiger partial charge on any atom is -0.481 e. The first kappa shape index (κ1) is 31.1. The molecule has 178 valence electrons. The molecule has 0 heterocycles. The molecule has 0 aromatic rings. The zero-order valence-electron chi connectivity index (χ0n) is 19.5. The third-order valence-electron chi connectivity index (χ3n) is 4.83. The number of carbonyl (C=O) groups is 3. The van der Waals surface area contributed by atoms with E-state index in [1.54, 1.807) is 6.92 Å². The van der Waals surface area contributed by atoms with Gasteiger partial charge in [0.2, 0.25) is 0 Å². The van der Waals surface area contributed by atoms with Crippen LogP contribution in [0.4, 0.5) is 0 Å². The zero-order chi connectivity index (χ0) is 22.9. The van der Waals surface area contributed by atoms with Crippen molar-refractivity contribution < 1.29 is 24.2 Å². The van der Waals surface area contributed by atoms with E-state index in [2.05, 4.69) is 24.3 Å². The smallest absolute Gasteiger partial charge is 0.314 e. The molecule has 0 aromatic carbocycles. The standard InChI is InChI=1S/C21H40O3S.C3H6O2/c1-2-3-4-5-6-7-8-9-10-11-12-13-14-15-16-17-20(22)24-21(23)18-19-25;1-2-3(4)5/h25H,2-19H2,1H3;2H2,1H3,(H,4,5). The summed E-state index contributed by atoms with van der Waals surface area (Å²) in [5.41, 5.74) is 0. The normalized spacial score (nSPS) is 10.2.